The normalized spacial score (nSPS) is 23.5. The number of rotatable bonds is 1. The van der Waals surface area contributed by atoms with Crippen molar-refractivity contribution >= 4 is 34.4 Å². The molecule has 3 heterocycles. The van der Waals surface area contributed by atoms with E-state index in [1.54, 1.807) is 18.3 Å². The van der Waals surface area contributed by atoms with E-state index in [1.165, 1.54) is 0 Å². The fraction of sp³-hybridized carbons (Fsp3) is 0.400. The molecule has 7 heteroatoms. The van der Waals surface area contributed by atoms with Crippen molar-refractivity contribution in [2.75, 3.05) is 24.5 Å². The molecule has 1 aromatic carbocycles. The molecule has 1 atom stereocenters. The molecule has 2 fully saturated rings. The lowest BCUT2D eigenvalue weighted by Crippen LogP contribution is -2.67. The fourth-order valence-electron chi connectivity index (χ4n) is 3.26. The Hall–Kier alpha value is -1.92. The third-order valence-electron chi connectivity index (χ3n) is 4.41. The lowest BCUT2D eigenvalue weighted by Gasteiger charge is -2.52. The average molecular weight is 319 g/mol. The van der Waals surface area contributed by atoms with E-state index in [0.29, 0.717) is 31.1 Å². The van der Waals surface area contributed by atoms with Crippen molar-refractivity contribution in [3.63, 3.8) is 0 Å². The third kappa shape index (κ3) is 2.10. The van der Waals surface area contributed by atoms with Crippen LogP contribution in [0.4, 0.5) is 5.82 Å². The molecule has 114 valence electrons. The number of nitrogens with one attached hydrogen (secondary N) is 1. The highest BCUT2D eigenvalue weighted by Crippen LogP contribution is 2.39. The van der Waals surface area contributed by atoms with Gasteiger partial charge in [-0.1, -0.05) is 11.6 Å². The molecule has 0 bridgehead atoms. The van der Waals surface area contributed by atoms with Gasteiger partial charge in [0.15, 0.2) is 0 Å². The Labute approximate surface area is 132 Å². The van der Waals surface area contributed by atoms with Crippen LogP contribution in [0.3, 0.4) is 0 Å². The molecule has 0 aliphatic carbocycles. The van der Waals surface area contributed by atoms with Gasteiger partial charge < -0.3 is 15.3 Å². The summed E-state index contributed by atoms with van der Waals surface area (Å²) in [4.78, 5) is 23.0. The van der Waals surface area contributed by atoms with Crippen LogP contribution in [0.15, 0.2) is 24.4 Å². The van der Waals surface area contributed by atoms with Gasteiger partial charge in [-0.2, -0.15) is 0 Å². The van der Waals surface area contributed by atoms with Crippen molar-refractivity contribution in [2.24, 2.45) is 5.41 Å². The zero-order valence-corrected chi connectivity index (χ0v) is 12.5. The Bertz CT molecular complexity index is 760. The number of benzene rings is 1. The monoisotopic (exact) mass is 318 g/mol. The number of piperidine rings is 1. The smallest absolute Gasteiger partial charge is 0.230 e. The first kappa shape index (κ1) is 13.7. The molecular formula is C15H15ClN4O2. The molecule has 2 N–H and O–H groups in total. The first-order valence-corrected chi connectivity index (χ1v) is 7.57. The van der Waals surface area contributed by atoms with Crippen molar-refractivity contribution in [2.45, 2.75) is 12.5 Å². The number of β-amino-alcohol motifs (C(OH)–C–C–N with tert-alkyl or cyclic N) is 1. The van der Waals surface area contributed by atoms with E-state index >= 15 is 0 Å². The summed E-state index contributed by atoms with van der Waals surface area (Å²) in [5, 5.41) is 13.2. The number of halogens is 1. The van der Waals surface area contributed by atoms with Crippen LogP contribution in [0, 0.1) is 5.41 Å². The van der Waals surface area contributed by atoms with Gasteiger partial charge in [-0.25, -0.2) is 4.98 Å². The number of anilines is 1. The minimum Gasteiger partial charge on any atom is -0.391 e. The number of nitrogens with zero attached hydrogens (tertiary/aromatic N) is 3. The summed E-state index contributed by atoms with van der Waals surface area (Å²) in [6.07, 6.45) is 1.74. The van der Waals surface area contributed by atoms with Crippen molar-refractivity contribution < 1.29 is 9.90 Å². The summed E-state index contributed by atoms with van der Waals surface area (Å²) in [6.45, 7) is 1.46. The second-order valence-corrected chi connectivity index (χ2v) is 6.50. The number of aromatic nitrogens is 2. The maximum Gasteiger partial charge on any atom is 0.230 e. The highest BCUT2D eigenvalue weighted by molar-refractivity contribution is 6.31. The molecule has 2 saturated heterocycles. The SMILES string of the molecule is O=C1NCC(O)CC12CN(c1cnc3cc(Cl)ccc3n1)C2. The van der Waals surface area contributed by atoms with E-state index in [9.17, 15) is 9.90 Å². The van der Waals surface area contributed by atoms with Crippen LogP contribution in [0.25, 0.3) is 11.0 Å². The Morgan fingerprint density at radius 2 is 2.18 bits per heavy atom. The summed E-state index contributed by atoms with van der Waals surface area (Å²) < 4.78 is 0. The van der Waals surface area contributed by atoms with Crippen LogP contribution >= 0.6 is 11.6 Å². The van der Waals surface area contributed by atoms with Crippen LogP contribution in [-0.4, -0.2) is 46.7 Å². The maximum absolute atomic E-state index is 12.1. The number of fused-ring (bicyclic) bond motifs is 1. The van der Waals surface area contributed by atoms with Gasteiger partial charge in [0.25, 0.3) is 0 Å². The van der Waals surface area contributed by atoms with Crippen LogP contribution in [0.5, 0.6) is 0 Å². The molecule has 1 aromatic heterocycles. The minimum atomic E-state index is -0.492. The quantitative estimate of drug-likeness (QED) is 0.819. The number of hydrogen-bond donors (Lipinski definition) is 2. The largest absolute Gasteiger partial charge is 0.391 e. The Balaban J connectivity index is 1.57. The molecular weight excluding hydrogens is 304 g/mol. The highest BCUT2D eigenvalue weighted by Gasteiger charge is 2.52. The van der Waals surface area contributed by atoms with Crippen molar-refractivity contribution in [3.05, 3.63) is 29.4 Å². The number of aliphatic hydroxyl groups excluding tert-OH is 1. The number of hydrogen-bond acceptors (Lipinski definition) is 5. The summed E-state index contributed by atoms with van der Waals surface area (Å²) >= 11 is 5.94. The van der Waals surface area contributed by atoms with E-state index in [0.717, 1.165) is 16.9 Å². The van der Waals surface area contributed by atoms with Gasteiger partial charge in [0.1, 0.15) is 5.82 Å². The third-order valence-corrected chi connectivity index (χ3v) is 4.64. The summed E-state index contributed by atoms with van der Waals surface area (Å²) in [5.74, 6) is 0.767. The van der Waals surface area contributed by atoms with E-state index in [4.69, 9.17) is 11.6 Å². The lowest BCUT2D eigenvalue weighted by molar-refractivity contribution is -0.139. The van der Waals surface area contributed by atoms with Gasteiger partial charge >= 0.3 is 0 Å². The number of amides is 1. The number of aliphatic hydroxyl groups is 1. The van der Waals surface area contributed by atoms with Gasteiger partial charge in [-0.3, -0.25) is 9.78 Å². The summed E-state index contributed by atoms with van der Waals surface area (Å²) in [7, 11) is 0. The van der Waals surface area contributed by atoms with E-state index in [1.807, 2.05) is 11.0 Å². The molecule has 1 amide bonds. The Kier molecular flexibility index (Phi) is 2.99. The standard InChI is InChI=1S/C15H15ClN4O2/c16-9-1-2-11-12(3-9)17-6-13(19-11)20-7-15(8-20)4-10(21)5-18-14(15)22/h1-3,6,10,21H,4-5,7-8H2,(H,18,22). The van der Waals surface area contributed by atoms with E-state index in [-0.39, 0.29) is 5.91 Å². The van der Waals surface area contributed by atoms with Crippen molar-refractivity contribution in [3.8, 4) is 0 Å². The molecule has 0 saturated carbocycles. The molecule has 4 rings (SSSR count). The zero-order valence-electron chi connectivity index (χ0n) is 11.8. The van der Waals surface area contributed by atoms with Crippen LogP contribution in [0.1, 0.15) is 6.42 Å². The zero-order chi connectivity index (χ0) is 15.3. The Morgan fingerprint density at radius 3 is 3.00 bits per heavy atom. The second-order valence-electron chi connectivity index (χ2n) is 6.07. The van der Waals surface area contributed by atoms with Gasteiger partial charge in [0.05, 0.1) is 28.7 Å². The minimum absolute atomic E-state index is 0.0228. The van der Waals surface area contributed by atoms with E-state index in [2.05, 4.69) is 15.3 Å². The van der Waals surface area contributed by atoms with E-state index < -0.39 is 11.5 Å². The first-order chi connectivity index (χ1) is 10.6. The molecule has 0 radical (unpaired) electrons. The van der Waals surface area contributed by atoms with Crippen molar-refractivity contribution in [1.82, 2.24) is 15.3 Å². The summed E-state index contributed by atoms with van der Waals surface area (Å²) in [5.41, 5.74) is 1.03. The molecule has 2 aliphatic rings. The number of carbonyl (C=O) groups is 1. The highest BCUT2D eigenvalue weighted by atomic mass is 35.5. The van der Waals surface area contributed by atoms with Crippen LogP contribution < -0.4 is 10.2 Å². The maximum atomic E-state index is 12.1. The molecule has 2 aromatic rings. The topological polar surface area (TPSA) is 78.4 Å². The fourth-order valence-corrected chi connectivity index (χ4v) is 3.43. The van der Waals surface area contributed by atoms with Gasteiger partial charge in [0, 0.05) is 24.7 Å². The molecule has 22 heavy (non-hydrogen) atoms. The second kappa shape index (κ2) is 4.79. The van der Waals surface area contributed by atoms with Gasteiger partial charge in [-0.05, 0) is 24.6 Å². The molecule has 2 aliphatic heterocycles. The van der Waals surface area contributed by atoms with Crippen molar-refractivity contribution in [1.29, 1.82) is 0 Å². The predicted octanol–water partition coefficient (Wildman–Crippen LogP) is 0.970. The van der Waals surface area contributed by atoms with Gasteiger partial charge in [-0.15, -0.1) is 0 Å². The average Bonchev–Trinajstić information content (AvgIpc) is 2.47. The summed E-state index contributed by atoms with van der Waals surface area (Å²) in [6, 6.07) is 5.39. The number of carbonyl (C=O) groups excluding carboxylic acids is 1. The molecule has 1 spiro atoms. The van der Waals surface area contributed by atoms with Gasteiger partial charge in [0.2, 0.25) is 5.91 Å². The van der Waals surface area contributed by atoms with Crippen LogP contribution in [0.2, 0.25) is 5.02 Å². The first-order valence-electron chi connectivity index (χ1n) is 7.19. The molecule has 1 unspecified atom stereocenters. The van der Waals surface area contributed by atoms with Crippen LogP contribution in [-0.2, 0) is 4.79 Å². The lowest BCUT2D eigenvalue weighted by atomic mass is 9.72. The Morgan fingerprint density at radius 1 is 1.36 bits per heavy atom. The molecule has 6 nitrogen and oxygen atoms in total. The predicted molar refractivity (Wildman–Crippen MR) is 82.8 cm³/mol.